The van der Waals surface area contributed by atoms with Gasteiger partial charge in [-0.2, -0.15) is 0 Å². The van der Waals surface area contributed by atoms with Crippen LogP contribution in [-0.2, 0) is 4.79 Å². The second-order valence-corrected chi connectivity index (χ2v) is 6.96. The van der Waals surface area contributed by atoms with Crippen LogP contribution in [0.2, 0.25) is 0 Å². The number of pyridine rings is 1. The van der Waals surface area contributed by atoms with Crippen LogP contribution in [0.3, 0.4) is 0 Å². The zero-order valence-electron chi connectivity index (χ0n) is 13.0. The molecular formula is C17H20BrN3O2. The number of fused-ring (bicyclic) bond motifs is 1. The predicted molar refractivity (Wildman–Crippen MR) is 95.7 cm³/mol. The van der Waals surface area contributed by atoms with E-state index in [0.29, 0.717) is 6.04 Å². The van der Waals surface area contributed by atoms with Crippen molar-refractivity contribution in [1.82, 2.24) is 10.3 Å². The van der Waals surface area contributed by atoms with Crippen LogP contribution in [0.15, 0.2) is 33.5 Å². The van der Waals surface area contributed by atoms with Crippen LogP contribution in [-0.4, -0.2) is 24.0 Å². The lowest BCUT2D eigenvalue weighted by Crippen LogP contribution is -2.34. The maximum absolute atomic E-state index is 11.9. The van der Waals surface area contributed by atoms with Gasteiger partial charge in [-0.1, -0.05) is 15.9 Å². The molecule has 0 aliphatic heterocycles. The number of amides is 1. The summed E-state index contributed by atoms with van der Waals surface area (Å²) in [7, 11) is 1.69. The third kappa shape index (κ3) is 3.58. The van der Waals surface area contributed by atoms with Gasteiger partial charge in [0.25, 0.3) is 0 Å². The van der Waals surface area contributed by atoms with Crippen molar-refractivity contribution in [2.75, 3.05) is 12.4 Å². The van der Waals surface area contributed by atoms with E-state index in [1.54, 1.807) is 13.1 Å². The van der Waals surface area contributed by atoms with Gasteiger partial charge >= 0.3 is 0 Å². The minimum absolute atomic E-state index is 0.110. The van der Waals surface area contributed by atoms with Crippen molar-refractivity contribution < 1.29 is 4.79 Å². The van der Waals surface area contributed by atoms with Gasteiger partial charge in [0.2, 0.25) is 11.5 Å². The second-order valence-electron chi connectivity index (χ2n) is 6.04. The van der Waals surface area contributed by atoms with Gasteiger partial charge in [0, 0.05) is 40.6 Å². The van der Waals surface area contributed by atoms with E-state index < -0.39 is 0 Å². The molecule has 1 aromatic heterocycles. The zero-order chi connectivity index (χ0) is 16.4. The third-order valence-electron chi connectivity index (χ3n) is 4.51. The molecule has 0 saturated heterocycles. The first kappa shape index (κ1) is 16.1. The maximum atomic E-state index is 11.9. The molecule has 0 radical (unpaired) electrons. The van der Waals surface area contributed by atoms with Crippen LogP contribution in [0, 0.1) is 5.92 Å². The lowest BCUT2D eigenvalue weighted by molar-refractivity contribution is -0.125. The van der Waals surface area contributed by atoms with Crippen LogP contribution >= 0.6 is 15.9 Å². The number of rotatable bonds is 3. The summed E-state index contributed by atoms with van der Waals surface area (Å²) in [5.74, 6) is 0.247. The summed E-state index contributed by atoms with van der Waals surface area (Å²) in [5.41, 5.74) is 1.57. The first-order valence-corrected chi connectivity index (χ1v) is 8.67. The highest BCUT2D eigenvalue weighted by atomic mass is 79.9. The zero-order valence-corrected chi connectivity index (χ0v) is 14.6. The van der Waals surface area contributed by atoms with Crippen molar-refractivity contribution in [3.8, 4) is 0 Å². The summed E-state index contributed by atoms with van der Waals surface area (Å²) in [6, 6.07) is 7.72. The number of hydrogen-bond acceptors (Lipinski definition) is 3. The predicted octanol–water partition coefficient (Wildman–Crippen LogP) is 3.01. The molecular weight excluding hydrogens is 358 g/mol. The fourth-order valence-corrected chi connectivity index (χ4v) is 3.63. The smallest absolute Gasteiger partial charge is 0.250 e. The number of H-pyrrole nitrogens is 1. The van der Waals surface area contributed by atoms with E-state index in [1.165, 1.54) is 0 Å². The Morgan fingerprint density at radius 1 is 1.22 bits per heavy atom. The Morgan fingerprint density at radius 2 is 1.96 bits per heavy atom. The summed E-state index contributed by atoms with van der Waals surface area (Å²) in [6.45, 7) is 0. The molecule has 1 aliphatic rings. The summed E-state index contributed by atoms with van der Waals surface area (Å²) in [4.78, 5) is 26.4. The number of aromatic amines is 1. The maximum Gasteiger partial charge on any atom is 0.250 e. The minimum atomic E-state index is -0.110. The Kier molecular flexibility index (Phi) is 4.71. The van der Waals surface area contributed by atoms with Crippen molar-refractivity contribution in [3.63, 3.8) is 0 Å². The number of anilines is 1. The SMILES string of the molecule is CNC(=O)C1CCC(Nc2cc(=O)[nH]c3ccc(Br)cc23)CC1. The summed E-state index contributed by atoms with van der Waals surface area (Å²) < 4.78 is 0.975. The van der Waals surface area contributed by atoms with Crippen molar-refractivity contribution in [2.45, 2.75) is 31.7 Å². The Hall–Kier alpha value is -1.82. The van der Waals surface area contributed by atoms with Crippen molar-refractivity contribution >= 4 is 38.4 Å². The fraction of sp³-hybridized carbons (Fsp3) is 0.412. The summed E-state index contributed by atoms with van der Waals surface area (Å²) >= 11 is 3.48. The summed E-state index contributed by atoms with van der Waals surface area (Å²) in [6.07, 6.45) is 3.62. The van der Waals surface area contributed by atoms with Crippen LogP contribution in [0.4, 0.5) is 5.69 Å². The van der Waals surface area contributed by atoms with Crippen molar-refractivity contribution in [2.24, 2.45) is 5.92 Å². The van der Waals surface area contributed by atoms with Crippen LogP contribution in [0.1, 0.15) is 25.7 Å². The molecule has 23 heavy (non-hydrogen) atoms. The number of nitrogens with one attached hydrogen (secondary N) is 3. The molecule has 2 aromatic rings. The Bertz CT molecular complexity index is 779. The minimum Gasteiger partial charge on any atom is -0.382 e. The first-order chi connectivity index (χ1) is 11.1. The number of hydrogen-bond donors (Lipinski definition) is 3. The second kappa shape index (κ2) is 6.74. The standard InChI is InChI=1S/C17H20BrN3O2/c1-19-17(23)10-2-5-12(6-3-10)20-15-9-16(22)21-14-7-4-11(18)8-13(14)15/h4,7-10,12H,2-3,5-6H2,1H3,(H,19,23)(H2,20,21,22). The molecule has 1 saturated carbocycles. The highest BCUT2D eigenvalue weighted by Gasteiger charge is 2.25. The number of carbonyl (C=O) groups is 1. The van der Waals surface area contributed by atoms with Crippen LogP contribution in [0.5, 0.6) is 0 Å². The fourth-order valence-electron chi connectivity index (χ4n) is 3.27. The van der Waals surface area contributed by atoms with E-state index in [1.807, 2.05) is 18.2 Å². The van der Waals surface area contributed by atoms with E-state index in [9.17, 15) is 9.59 Å². The van der Waals surface area contributed by atoms with E-state index >= 15 is 0 Å². The topological polar surface area (TPSA) is 74.0 Å². The van der Waals surface area contributed by atoms with Crippen LogP contribution < -0.4 is 16.2 Å². The lowest BCUT2D eigenvalue weighted by atomic mass is 9.85. The van der Waals surface area contributed by atoms with E-state index in [4.69, 9.17) is 0 Å². The Balaban J connectivity index is 1.79. The van der Waals surface area contributed by atoms with Gasteiger partial charge < -0.3 is 15.6 Å². The monoisotopic (exact) mass is 377 g/mol. The molecule has 1 heterocycles. The van der Waals surface area contributed by atoms with Gasteiger partial charge in [0.15, 0.2) is 0 Å². The summed E-state index contributed by atoms with van der Waals surface area (Å²) in [5, 5.41) is 7.22. The number of aromatic nitrogens is 1. The largest absolute Gasteiger partial charge is 0.382 e. The number of halogens is 1. The lowest BCUT2D eigenvalue weighted by Gasteiger charge is -2.29. The van der Waals surface area contributed by atoms with E-state index in [2.05, 4.69) is 31.5 Å². The average Bonchev–Trinajstić information content (AvgIpc) is 2.55. The molecule has 0 bridgehead atoms. The van der Waals surface area contributed by atoms with Crippen molar-refractivity contribution in [1.29, 1.82) is 0 Å². The Labute approximate surface area is 143 Å². The normalized spacial score (nSPS) is 21.1. The molecule has 3 N–H and O–H groups in total. The highest BCUT2D eigenvalue weighted by molar-refractivity contribution is 9.10. The van der Waals surface area contributed by atoms with Gasteiger partial charge in [0.05, 0.1) is 5.52 Å². The van der Waals surface area contributed by atoms with E-state index in [0.717, 1.165) is 46.7 Å². The van der Waals surface area contributed by atoms with Crippen molar-refractivity contribution in [3.05, 3.63) is 39.1 Å². The third-order valence-corrected chi connectivity index (χ3v) is 5.00. The molecule has 122 valence electrons. The average molecular weight is 378 g/mol. The molecule has 1 aromatic carbocycles. The van der Waals surface area contributed by atoms with Gasteiger partial charge in [-0.15, -0.1) is 0 Å². The molecule has 1 fully saturated rings. The molecule has 1 amide bonds. The molecule has 3 rings (SSSR count). The molecule has 0 unspecified atom stereocenters. The van der Waals surface area contributed by atoms with Gasteiger partial charge in [-0.3, -0.25) is 9.59 Å². The molecule has 6 heteroatoms. The van der Waals surface area contributed by atoms with Gasteiger partial charge in [0.1, 0.15) is 0 Å². The first-order valence-electron chi connectivity index (χ1n) is 7.87. The highest BCUT2D eigenvalue weighted by Crippen LogP contribution is 2.29. The van der Waals surface area contributed by atoms with Gasteiger partial charge in [-0.25, -0.2) is 0 Å². The molecule has 1 aliphatic carbocycles. The number of carbonyl (C=O) groups excluding carboxylic acids is 1. The van der Waals surface area contributed by atoms with E-state index in [-0.39, 0.29) is 17.4 Å². The van der Waals surface area contributed by atoms with Gasteiger partial charge in [-0.05, 0) is 43.9 Å². The quantitative estimate of drug-likeness (QED) is 0.769. The Morgan fingerprint density at radius 3 is 2.65 bits per heavy atom. The number of benzene rings is 1. The molecule has 0 spiro atoms. The van der Waals surface area contributed by atoms with Crippen LogP contribution in [0.25, 0.3) is 10.9 Å². The molecule has 5 nitrogen and oxygen atoms in total. The molecule has 0 atom stereocenters.